The maximum Gasteiger partial charge on any atom is 0.460 e. The van der Waals surface area contributed by atoms with E-state index in [0.29, 0.717) is 0 Å². The van der Waals surface area contributed by atoms with Crippen molar-refractivity contribution in [3.63, 3.8) is 0 Å². The Labute approximate surface area is 142 Å². The molecule has 0 bridgehead atoms. The maximum atomic E-state index is 13.2. The largest absolute Gasteiger partial charge is 0.460 e. The number of carbonyl (C=O) groups is 2. The van der Waals surface area contributed by atoms with Crippen LogP contribution < -0.4 is 0 Å². The summed E-state index contributed by atoms with van der Waals surface area (Å²) in [7, 11) is -8.06. The number of imide groups is 1. The summed E-state index contributed by atoms with van der Waals surface area (Å²) in [6, 6.07) is 0. The molecule has 0 radical (unpaired) electrons. The van der Waals surface area contributed by atoms with E-state index in [-0.39, 0.29) is 0 Å². The minimum absolute atomic E-state index is 2.37. The first-order valence-electron chi connectivity index (χ1n) is 5.70. The first-order valence-corrected chi connectivity index (χ1v) is 7.11. The van der Waals surface area contributed by atoms with Gasteiger partial charge in [-0.05, 0) is 0 Å². The highest BCUT2D eigenvalue weighted by Gasteiger charge is 2.87. The van der Waals surface area contributed by atoms with Gasteiger partial charge in [0.15, 0.2) is 0 Å². The van der Waals surface area contributed by atoms with E-state index in [1.807, 2.05) is 0 Å². The van der Waals surface area contributed by atoms with Crippen molar-refractivity contribution >= 4 is 21.9 Å². The van der Waals surface area contributed by atoms with Gasteiger partial charge in [-0.15, -0.1) is 9.35 Å². The zero-order valence-corrected chi connectivity index (χ0v) is 12.6. The van der Waals surface area contributed by atoms with E-state index in [0.717, 1.165) is 0 Å². The number of amides is 2. The number of hydrogen-bond donors (Lipinski definition) is 0. The van der Waals surface area contributed by atoms with Crippen LogP contribution in [0.3, 0.4) is 0 Å². The molecule has 1 aliphatic rings. The lowest BCUT2D eigenvalue weighted by Crippen LogP contribution is -2.64. The first kappa shape index (κ1) is 24.2. The standard InChI is InChI=1S/C8F13NO5S/c9-3(10)1(23)22(2(24)4(3,11)12)27-28(25,26)8(20,21)6(15,16)5(13,14)7(17,18)19. The molecule has 1 aliphatic heterocycles. The van der Waals surface area contributed by atoms with Crippen LogP contribution in [0, 0.1) is 0 Å². The van der Waals surface area contributed by atoms with Gasteiger partial charge >= 0.3 is 57.1 Å². The van der Waals surface area contributed by atoms with Gasteiger partial charge in [0.05, 0.1) is 0 Å². The van der Waals surface area contributed by atoms with E-state index >= 15 is 0 Å². The van der Waals surface area contributed by atoms with Crippen LogP contribution in [-0.4, -0.2) is 60.4 Å². The predicted molar refractivity (Wildman–Crippen MR) is 52.6 cm³/mol. The molecule has 0 unspecified atom stereocenters. The third kappa shape index (κ3) is 2.78. The number of halogens is 13. The SMILES string of the molecule is O=C1N(OS(=O)(=O)C(F)(F)C(F)(F)C(F)(F)C(F)(F)F)C(=O)C(F)(F)C1(F)F. The van der Waals surface area contributed by atoms with Crippen molar-refractivity contribution in [1.29, 1.82) is 0 Å². The number of alkyl halides is 13. The molecular weight excluding hydrogens is 469 g/mol. The van der Waals surface area contributed by atoms with Gasteiger partial charge in [-0.25, -0.2) is 0 Å². The topological polar surface area (TPSA) is 80.8 Å². The van der Waals surface area contributed by atoms with Crippen molar-refractivity contribution in [2.24, 2.45) is 0 Å². The average Bonchev–Trinajstić information content (AvgIpc) is 2.58. The van der Waals surface area contributed by atoms with E-state index in [9.17, 15) is 75.1 Å². The van der Waals surface area contributed by atoms with Gasteiger partial charge in [-0.1, -0.05) is 0 Å². The normalized spacial score (nSPS) is 21.4. The summed E-state index contributed by atoms with van der Waals surface area (Å²) < 4.78 is 189. The Morgan fingerprint density at radius 2 is 1.04 bits per heavy atom. The second-order valence-corrected chi connectivity index (χ2v) is 6.32. The molecule has 1 rings (SSSR count). The highest BCUT2D eigenvalue weighted by atomic mass is 32.2. The molecule has 0 aromatic rings. The van der Waals surface area contributed by atoms with Crippen molar-refractivity contribution in [1.82, 2.24) is 5.06 Å². The second kappa shape index (κ2) is 5.83. The van der Waals surface area contributed by atoms with Gasteiger partial charge in [-0.2, -0.15) is 65.5 Å². The lowest BCUT2D eigenvalue weighted by molar-refractivity contribution is -0.383. The van der Waals surface area contributed by atoms with E-state index in [4.69, 9.17) is 0 Å². The smallest absolute Gasteiger partial charge is 0.265 e. The molecule has 0 aromatic heterocycles. The monoisotopic (exact) mass is 469 g/mol. The molecule has 28 heavy (non-hydrogen) atoms. The Morgan fingerprint density at radius 1 is 0.714 bits per heavy atom. The zero-order chi connectivity index (χ0) is 22.9. The van der Waals surface area contributed by atoms with Crippen LogP contribution in [0.15, 0.2) is 0 Å². The highest BCUT2D eigenvalue weighted by molar-refractivity contribution is 7.87. The molecule has 0 aliphatic carbocycles. The molecule has 1 fully saturated rings. The molecule has 20 heteroatoms. The van der Waals surface area contributed by atoms with E-state index in [1.165, 1.54) is 0 Å². The van der Waals surface area contributed by atoms with E-state index in [2.05, 4.69) is 4.28 Å². The summed E-state index contributed by atoms with van der Waals surface area (Å²) in [5, 5.41) is -10.1. The van der Waals surface area contributed by atoms with Crippen LogP contribution in [0.5, 0.6) is 0 Å². The minimum Gasteiger partial charge on any atom is -0.265 e. The third-order valence-corrected chi connectivity index (χ3v) is 4.13. The van der Waals surface area contributed by atoms with Crippen molar-refractivity contribution in [3.05, 3.63) is 0 Å². The lowest BCUT2D eigenvalue weighted by Gasteiger charge is -2.32. The summed E-state index contributed by atoms with van der Waals surface area (Å²) in [6.45, 7) is 0. The van der Waals surface area contributed by atoms with Gasteiger partial charge in [-0.3, -0.25) is 9.59 Å². The molecule has 0 N–H and O–H groups in total. The van der Waals surface area contributed by atoms with Gasteiger partial charge in [0, 0.05) is 0 Å². The maximum absolute atomic E-state index is 13.2. The van der Waals surface area contributed by atoms with Crippen molar-refractivity contribution in [3.8, 4) is 0 Å². The van der Waals surface area contributed by atoms with E-state index < -0.39 is 62.1 Å². The fourth-order valence-electron chi connectivity index (χ4n) is 1.35. The molecule has 1 heterocycles. The molecule has 1 saturated heterocycles. The van der Waals surface area contributed by atoms with Crippen LogP contribution in [0.2, 0.25) is 0 Å². The molecule has 0 saturated carbocycles. The zero-order valence-electron chi connectivity index (χ0n) is 11.8. The number of hydrogen-bond acceptors (Lipinski definition) is 5. The van der Waals surface area contributed by atoms with Crippen LogP contribution in [0.4, 0.5) is 57.1 Å². The summed E-state index contributed by atoms with van der Waals surface area (Å²) in [4.78, 5) is 21.6. The summed E-state index contributed by atoms with van der Waals surface area (Å²) in [5.74, 6) is -35.5. The average molecular weight is 469 g/mol. The Hall–Kier alpha value is -1.86. The van der Waals surface area contributed by atoms with Crippen LogP contribution >= 0.6 is 0 Å². The third-order valence-electron chi connectivity index (χ3n) is 2.90. The van der Waals surface area contributed by atoms with Gasteiger partial charge in [0.25, 0.3) is 0 Å². The summed E-state index contributed by atoms with van der Waals surface area (Å²) >= 11 is 0. The van der Waals surface area contributed by atoms with Crippen LogP contribution in [0.1, 0.15) is 0 Å². The van der Waals surface area contributed by atoms with Crippen molar-refractivity contribution < 1.29 is 79.4 Å². The van der Waals surface area contributed by atoms with Crippen molar-refractivity contribution in [2.75, 3.05) is 0 Å². The highest BCUT2D eigenvalue weighted by Crippen LogP contribution is 2.55. The lowest BCUT2D eigenvalue weighted by atomic mass is 10.1. The Kier molecular flexibility index (Phi) is 5.03. The predicted octanol–water partition coefficient (Wildman–Crippen LogP) is 2.31. The second-order valence-electron chi connectivity index (χ2n) is 4.75. The number of nitrogens with zero attached hydrogens (tertiary/aromatic N) is 1. The quantitative estimate of drug-likeness (QED) is 0.456. The summed E-state index contributed by atoms with van der Waals surface area (Å²) in [5.41, 5.74) is 0. The Morgan fingerprint density at radius 3 is 1.32 bits per heavy atom. The van der Waals surface area contributed by atoms with Gasteiger partial charge in [0.2, 0.25) is 0 Å². The molecular formula is C8F13NO5S. The fourth-order valence-corrected chi connectivity index (χ4v) is 2.21. The molecule has 2 amide bonds. The van der Waals surface area contributed by atoms with Crippen LogP contribution in [0.25, 0.3) is 0 Å². The summed E-state index contributed by atoms with van der Waals surface area (Å²) in [6.07, 6.45) is -7.51. The minimum atomic E-state index is -8.06. The number of carbonyl (C=O) groups excluding carboxylic acids is 2. The fraction of sp³-hybridized carbons (Fsp3) is 0.750. The molecule has 6 nitrogen and oxygen atoms in total. The molecule has 164 valence electrons. The molecule has 0 atom stereocenters. The first-order chi connectivity index (χ1) is 11.9. The molecule has 0 spiro atoms. The number of rotatable bonds is 5. The Bertz CT molecular complexity index is 774. The Balaban J connectivity index is 3.45. The molecule has 0 aromatic carbocycles. The van der Waals surface area contributed by atoms with Crippen LogP contribution in [-0.2, 0) is 24.0 Å². The van der Waals surface area contributed by atoms with Crippen molar-refractivity contribution in [2.45, 2.75) is 35.1 Å². The number of hydroxylamine groups is 2. The van der Waals surface area contributed by atoms with Gasteiger partial charge < -0.3 is 0 Å². The van der Waals surface area contributed by atoms with E-state index in [1.54, 1.807) is 0 Å². The van der Waals surface area contributed by atoms with Gasteiger partial charge in [0.1, 0.15) is 0 Å².